The average Bonchev–Trinajstić information content (AvgIpc) is 3.03. The Hall–Kier alpha value is -3.19. The number of aromatic nitrogens is 2. The van der Waals surface area contributed by atoms with Crippen LogP contribution in [-0.4, -0.2) is 15.7 Å². The predicted octanol–water partition coefficient (Wildman–Crippen LogP) is 4.42. The fourth-order valence-electron chi connectivity index (χ4n) is 3.45. The molecule has 0 N–H and O–H groups in total. The lowest BCUT2D eigenvalue weighted by atomic mass is 10.2. The predicted molar refractivity (Wildman–Crippen MR) is 118 cm³/mol. The molecule has 0 saturated heterocycles. The van der Waals surface area contributed by atoms with Crippen LogP contribution in [0.2, 0.25) is 0 Å². The van der Waals surface area contributed by atoms with Gasteiger partial charge in [-0.2, -0.15) is 0 Å². The average molecular weight is 424 g/mol. The van der Waals surface area contributed by atoms with Crippen LogP contribution < -0.4 is 16.0 Å². The molecule has 0 radical (unpaired) electrons. The summed E-state index contributed by atoms with van der Waals surface area (Å²) in [6.45, 7) is 6.50. The Bertz CT molecular complexity index is 1330. The van der Waals surface area contributed by atoms with E-state index in [1.165, 1.54) is 28.0 Å². The van der Waals surface area contributed by atoms with Gasteiger partial charge in [0.1, 0.15) is 16.4 Å². The Labute approximate surface area is 176 Å². The number of halogens is 1. The first-order valence-corrected chi connectivity index (χ1v) is 10.5. The first kappa shape index (κ1) is 20.1. The molecule has 2 heterocycles. The van der Waals surface area contributed by atoms with Crippen LogP contribution in [0.15, 0.2) is 58.1 Å². The van der Waals surface area contributed by atoms with Crippen LogP contribution in [0.25, 0.3) is 15.9 Å². The third kappa shape index (κ3) is 3.45. The third-order valence-electron chi connectivity index (χ3n) is 5.11. The van der Waals surface area contributed by atoms with E-state index in [4.69, 9.17) is 4.74 Å². The van der Waals surface area contributed by atoms with E-state index in [1.807, 2.05) is 20.8 Å². The SMILES string of the molecule is CCOc1ccc(-n2c(=O)c3c(C)c(C)sc3n(Cc3ccc(F)cc3)c2=O)cc1. The molecule has 7 heteroatoms. The molecule has 0 atom stereocenters. The smallest absolute Gasteiger partial charge is 0.337 e. The van der Waals surface area contributed by atoms with Crippen LogP contribution in [0.1, 0.15) is 22.9 Å². The van der Waals surface area contributed by atoms with Gasteiger partial charge in [0.05, 0.1) is 24.2 Å². The van der Waals surface area contributed by atoms with Crippen molar-refractivity contribution in [3.05, 3.63) is 91.2 Å². The number of hydrogen-bond acceptors (Lipinski definition) is 4. The van der Waals surface area contributed by atoms with E-state index in [2.05, 4.69) is 0 Å². The minimum absolute atomic E-state index is 0.242. The number of aryl methyl sites for hydroxylation is 2. The standard InChI is InChI=1S/C23H21FN2O3S/c1-4-29-19-11-9-18(10-12-19)26-21(27)20-14(2)15(3)30-22(20)25(23(26)28)13-16-5-7-17(24)8-6-16/h5-12H,4,13H2,1-3H3. The van der Waals surface area contributed by atoms with Crippen LogP contribution >= 0.6 is 11.3 Å². The molecule has 4 aromatic rings. The van der Waals surface area contributed by atoms with Gasteiger partial charge in [-0.25, -0.2) is 13.8 Å². The molecule has 5 nitrogen and oxygen atoms in total. The summed E-state index contributed by atoms with van der Waals surface area (Å²) < 4.78 is 21.6. The molecule has 0 aliphatic heterocycles. The van der Waals surface area contributed by atoms with Crippen LogP contribution in [-0.2, 0) is 6.54 Å². The maximum Gasteiger partial charge on any atom is 0.337 e. The van der Waals surface area contributed by atoms with E-state index >= 15 is 0 Å². The lowest BCUT2D eigenvalue weighted by molar-refractivity contribution is 0.340. The summed E-state index contributed by atoms with van der Waals surface area (Å²) >= 11 is 1.42. The molecule has 0 amide bonds. The lowest BCUT2D eigenvalue weighted by Crippen LogP contribution is -2.38. The van der Waals surface area contributed by atoms with Crippen molar-refractivity contribution in [1.82, 2.24) is 9.13 Å². The maximum absolute atomic E-state index is 13.4. The zero-order chi connectivity index (χ0) is 21.4. The number of benzene rings is 2. The lowest BCUT2D eigenvalue weighted by Gasteiger charge is -2.13. The van der Waals surface area contributed by atoms with E-state index in [0.29, 0.717) is 28.3 Å². The largest absolute Gasteiger partial charge is 0.494 e. The van der Waals surface area contributed by atoms with Crippen molar-refractivity contribution >= 4 is 21.6 Å². The second kappa shape index (κ2) is 7.91. The van der Waals surface area contributed by atoms with Gasteiger partial charge in [0.2, 0.25) is 0 Å². The summed E-state index contributed by atoms with van der Waals surface area (Å²) in [4.78, 5) is 28.4. The van der Waals surface area contributed by atoms with Crippen LogP contribution in [0.5, 0.6) is 5.75 Å². The van der Waals surface area contributed by atoms with Gasteiger partial charge >= 0.3 is 5.69 Å². The first-order valence-electron chi connectivity index (χ1n) is 9.64. The third-order valence-corrected chi connectivity index (χ3v) is 6.34. The molecule has 0 spiro atoms. The van der Waals surface area contributed by atoms with Gasteiger partial charge in [-0.15, -0.1) is 11.3 Å². The van der Waals surface area contributed by atoms with Gasteiger partial charge in [0.25, 0.3) is 5.56 Å². The number of rotatable bonds is 5. The molecule has 0 fully saturated rings. The van der Waals surface area contributed by atoms with E-state index in [9.17, 15) is 14.0 Å². The molecule has 0 aliphatic carbocycles. The van der Waals surface area contributed by atoms with Crippen molar-refractivity contribution in [2.45, 2.75) is 27.3 Å². The molecule has 4 rings (SSSR count). The van der Waals surface area contributed by atoms with Crippen molar-refractivity contribution in [2.75, 3.05) is 6.61 Å². The second-order valence-corrected chi connectivity index (χ2v) is 8.23. The summed E-state index contributed by atoms with van der Waals surface area (Å²) in [6.07, 6.45) is 0. The molecular formula is C23H21FN2O3S. The van der Waals surface area contributed by atoms with Crippen molar-refractivity contribution in [2.24, 2.45) is 0 Å². The van der Waals surface area contributed by atoms with Crippen molar-refractivity contribution in [1.29, 1.82) is 0 Å². The van der Waals surface area contributed by atoms with Gasteiger partial charge in [-0.1, -0.05) is 12.1 Å². The van der Waals surface area contributed by atoms with Gasteiger partial charge in [-0.05, 0) is 68.3 Å². The van der Waals surface area contributed by atoms with E-state index in [1.54, 1.807) is 41.0 Å². The van der Waals surface area contributed by atoms with E-state index in [-0.39, 0.29) is 17.9 Å². The Kier molecular flexibility index (Phi) is 5.30. The monoisotopic (exact) mass is 424 g/mol. The number of hydrogen-bond donors (Lipinski definition) is 0. The molecule has 0 aliphatic rings. The zero-order valence-electron chi connectivity index (χ0n) is 16.9. The van der Waals surface area contributed by atoms with Gasteiger partial charge in [0.15, 0.2) is 0 Å². The first-order chi connectivity index (χ1) is 14.4. The highest BCUT2D eigenvalue weighted by Crippen LogP contribution is 2.27. The summed E-state index contributed by atoms with van der Waals surface area (Å²) in [5, 5.41) is 0.535. The van der Waals surface area contributed by atoms with Crippen LogP contribution in [0.3, 0.4) is 0 Å². The number of nitrogens with zero attached hydrogens (tertiary/aromatic N) is 2. The summed E-state index contributed by atoms with van der Waals surface area (Å²) in [7, 11) is 0. The fraction of sp³-hybridized carbons (Fsp3) is 0.217. The van der Waals surface area contributed by atoms with Gasteiger partial charge in [0, 0.05) is 4.88 Å². The highest BCUT2D eigenvalue weighted by Gasteiger charge is 2.19. The molecular weight excluding hydrogens is 403 g/mol. The zero-order valence-corrected chi connectivity index (χ0v) is 17.8. The molecule has 0 saturated carbocycles. The number of fused-ring (bicyclic) bond motifs is 1. The number of thiophene rings is 1. The Morgan fingerprint density at radius 3 is 2.30 bits per heavy atom. The van der Waals surface area contributed by atoms with Crippen molar-refractivity contribution in [3.8, 4) is 11.4 Å². The highest BCUT2D eigenvalue weighted by atomic mass is 32.1. The summed E-state index contributed by atoms with van der Waals surface area (Å²) in [5.74, 6) is 0.336. The molecule has 30 heavy (non-hydrogen) atoms. The van der Waals surface area contributed by atoms with Crippen molar-refractivity contribution < 1.29 is 9.13 Å². The summed E-state index contributed by atoms with van der Waals surface area (Å²) in [5.41, 5.74) is 1.36. The Balaban J connectivity index is 1.96. The molecule has 0 unspecified atom stereocenters. The molecule has 154 valence electrons. The topological polar surface area (TPSA) is 53.2 Å². The van der Waals surface area contributed by atoms with Crippen LogP contribution in [0.4, 0.5) is 4.39 Å². The van der Waals surface area contributed by atoms with Gasteiger partial charge in [-0.3, -0.25) is 9.36 Å². The molecule has 0 bridgehead atoms. The van der Waals surface area contributed by atoms with E-state index < -0.39 is 5.69 Å². The minimum atomic E-state index is -0.428. The van der Waals surface area contributed by atoms with Crippen molar-refractivity contribution in [3.63, 3.8) is 0 Å². The summed E-state index contributed by atoms with van der Waals surface area (Å²) in [6, 6.07) is 12.9. The van der Waals surface area contributed by atoms with Crippen LogP contribution in [0, 0.1) is 19.7 Å². The van der Waals surface area contributed by atoms with E-state index in [0.717, 1.165) is 16.0 Å². The maximum atomic E-state index is 13.4. The normalized spacial score (nSPS) is 11.2. The highest BCUT2D eigenvalue weighted by molar-refractivity contribution is 7.18. The number of ether oxygens (including phenoxy) is 1. The minimum Gasteiger partial charge on any atom is -0.494 e. The Morgan fingerprint density at radius 2 is 1.67 bits per heavy atom. The molecule has 2 aromatic heterocycles. The fourth-order valence-corrected chi connectivity index (χ4v) is 4.60. The van der Waals surface area contributed by atoms with Gasteiger partial charge < -0.3 is 4.74 Å². The quantitative estimate of drug-likeness (QED) is 0.477. The Morgan fingerprint density at radius 1 is 1.00 bits per heavy atom. The second-order valence-electron chi connectivity index (χ2n) is 7.03. The molecule has 2 aromatic carbocycles.